The van der Waals surface area contributed by atoms with Gasteiger partial charge >= 0.3 is 6.09 Å². The molecule has 2 aromatic carbocycles. The molecular weight excluding hydrogens is 462 g/mol. The predicted octanol–water partition coefficient (Wildman–Crippen LogP) is 5.51. The van der Waals surface area contributed by atoms with Crippen LogP contribution >= 0.6 is 11.6 Å². The molecule has 9 heteroatoms. The lowest BCUT2D eigenvalue weighted by molar-refractivity contribution is 0.0546. The third-order valence-corrected chi connectivity index (χ3v) is 6.79. The standard InChI is InChI=1S/C24H22ClN3O4S/c1-24(2,3)32-23(29)28-21-12-11-17(33(30,31)15-16-8-4-5-9-18(16)25)14-20(21)27-22(28)19-10-6-7-13-26-19/h4-14H,15H2,1-3H3. The molecule has 0 saturated heterocycles. The minimum absolute atomic E-state index is 0.0799. The van der Waals surface area contributed by atoms with Gasteiger partial charge in [0, 0.05) is 11.2 Å². The van der Waals surface area contributed by atoms with E-state index in [9.17, 15) is 13.2 Å². The van der Waals surface area contributed by atoms with Gasteiger partial charge in [-0.2, -0.15) is 0 Å². The molecule has 0 aliphatic heterocycles. The smallest absolute Gasteiger partial charge is 0.420 e. The molecule has 170 valence electrons. The summed E-state index contributed by atoms with van der Waals surface area (Å²) in [7, 11) is -3.71. The van der Waals surface area contributed by atoms with E-state index in [0.29, 0.717) is 27.3 Å². The van der Waals surface area contributed by atoms with Crippen LogP contribution in [0.15, 0.2) is 71.8 Å². The average molecular weight is 484 g/mol. The number of nitrogens with zero attached hydrogens (tertiary/aromatic N) is 3. The summed E-state index contributed by atoms with van der Waals surface area (Å²) in [5.41, 5.74) is 0.990. The Labute approximate surface area is 196 Å². The normalized spacial score (nSPS) is 12.1. The van der Waals surface area contributed by atoms with Crippen molar-refractivity contribution >= 4 is 38.6 Å². The number of halogens is 1. The zero-order chi connectivity index (χ0) is 23.8. The van der Waals surface area contributed by atoms with Gasteiger partial charge in [0.1, 0.15) is 11.3 Å². The van der Waals surface area contributed by atoms with Crippen LogP contribution in [0.25, 0.3) is 22.6 Å². The number of hydrogen-bond acceptors (Lipinski definition) is 6. The second-order valence-electron chi connectivity index (χ2n) is 8.47. The fourth-order valence-corrected chi connectivity index (χ4v) is 4.99. The number of hydrogen-bond donors (Lipinski definition) is 0. The lowest BCUT2D eigenvalue weighted by atomic mass is 10.2. The van der Waals surface area contributed by atoms with Gasteiger partial charge in [0.2, 0.25) is 0 Å². The van der Waals surface area contributed by atoms with Gasteiger partial charge < -0.3 is 4.74 Å². The lowest BCUT2D eigenvalue weighted by Crippen LogP contribution is -2.27. The minimum Gasteiger partial charge on any atom is -0.443 e. The third-order valence-electron chi connectivity index (χ3n) is 4.76. The molecule has 0 N–H and O–H groups in total. The first-order valence-electron chi connectivity index (χ1n) is 10.2. The predicted molar refractivity (Wildman–Crippen MR) is 127 cm³/mol. The summed E-state index contributed by atoms with van der Waals surface area (Å²) in [6.45, 7) is 5.30. The van der Waals surface area contributed by atoms with Crippen molar-refractivity contribution in [1.29, 1.82) is 0 Å². The van der Waals surface area contributed by atoms with Crippen molar-refractivity contribution in [2.75, 3.05) is 0 Å². The van der Waals surface area contributed by atoms with Crippen molar-refractivity contribution in [2.24, 2.45) is 0 Å². The Bertz CT molecular complexity index is 1440. The first-order chi connectivity index (χ1) is 15.5. The van der Waals surface area contributed by atoms with Crippen LogP contribution in [0, 0.1) is 0 Å². The maximum Gasteiger partial charge on any atom is 0.420 e. The van der Waals surface area contributed by atoms with Crippen molar-refractivity contribution in [3.63, 3.8) is 0 Å². The van der Waals surface area contributed by atoms with E-state index in [1.165, 1.54) is 16.7 Å². The molecule has 4 rings (SSSR count). The van der Waals surface area contributed by atoms with E-state index in [-0.39, 0.29) is 16.5 Å². The molecule has 0 unspecified atom stereocenters. The topological polar surface area (TPSA) is 91.2 Å². The van der Waals surface area contributed by atoms with Crippen LogP contribution in [0.1, 0.15) is 26.3 Å². The van der Waals surface area contributed by atoms with Gasteiger partial charge in [-0.1, -0.05) is 35.9 Å². The summed E-state index contributed by atoms with van der Waals surface area (Å²) in [5, 5.41) is 0.383. The largest absolute Gasteiger partial charge is 0.443 e. The van der Waals surface area contributed by atoms with Crippen molar-refractivity contribution in [2.45, 2.75) is 37.0 Å². The summed E-state index contributed by atoms with van der Waals surface area (Å²) >= 11 is 6.15. The number of aromatic nitrogens is 3. The van der Waals surface area contributed by atoms with E-state index in [1.807, 2.05) is 0 Å². The van der Waals surface area contributed by atoms with E-state index in [0.717, 1.165) is 0 Å². The van der Waals surface area contributed by atoms with Gasteiger partial charge in [0.05, 0.1) is 21.7 Å². The van der Waals surface area contributed by atoms with Crippen LogP contribution in [0.3, 0.4) is 0 Å². The molecular formula is C24H22ClN3O4S. The van der Waals surface area contributed by atoms with Crippen molar-refractivity contribution in [3.05, 3.63) is 77.4 Å². The monoisotopic (exact) mass is 483 g/mol. The maximum absolute atomic E-state index is 13.1. The Morgan fingerprint density at radius 2 is 1.79 bits per heavy atom. The molecule has 0 spiro atoms. The van der Waals surface area contributed by atoms with Crippen LogP contribution in [0.5, 0.6) is 0 Å². The number of ether oxygens (including phenoxy) is 1. The summed E-state index contributed by atoms with van der Waals surface area (Å²) in [4.78, 5) is 21.9. The molecule has 0 aliphatic carbocycles. The fourth-order valence-electron chi connectivity index (χ4n) is 3.32. The molecule has 0 radical (unpaired) electrons. The van der Waals surface area contributed by atoms with Gasteiger partial charge in [-0.15, -0.1) is 0 Å². The molecule has 7 nitrogen and oxygen atoms in total. The molecule has 0 bridgehead atoms. The van der Waals surface area contributed by atoms with Gasteiger partial charge in [-0.3, -0.25) is 4.98 Å². The second-order valence-corrected chi connectivity index (χ2v) is 10.9. The van der Waals surface area contributed by atoms with Crippen molar-refractivity contribution < 1.29 is 17.9 Å². The summed E-state index contributed by atoms with van der Waals surface area (Å²) < 4.78 is 33.0. The Morgan fingerprint density at radius 3 is 2.45 bits per heavy atom. The van der Waals surface area contributed by atoms with Crippen molar-refractivity contribution in [3.8, 4) is 11.5 Å². The van der Waals surface area contributed by atoms with Crippen LogP contribution in [0.4, 0.5) is 4.79 Å². The number of imidazole rings is 1. The lowest BCUT2D eigenvalue weighted by Gasteiger charge is -2.20. The van der Waals surface area contributed by atoms with Crippen LogP contribution < -0.4 is 0 Å². The first kappa shape index (κ1) is 22.9. The maximum atomic E-state index is 13.1. The van der Waals surface area contributed by atoms with Gasteiger partial charge in [0.15, 0.2) is 15.7 Å². The summed E-state index contributed by atoms with van der Waals surface area (Å²) in [6, 6.07) is 16.5. The Kier molecular flexibility index (Phi) is 5.99. The highest BCUT2D eigenvalue weighted by atomic mass is 35.5. The Balaban J connectivity index is 1.83. The highest BCUT2D eigenvalue weighted by molar-refractivity contribution is 7.90. The van der Waals surface area contributed by atoms with E-state index < -0.39 is 21.5 Å². The van der Waals surface area contributed by atoms with Gasteiger partial charge in [0.25, 0.3) is 0 Å². The van der Waals surface area contributed by atoms with E-state index >= 15 is 0 Å². The minimum atomic E-state index is -3.71. The van der Waals surface area contributed by atoms with Crippen LogP contribution in [-0.4, -0.2) is 34.6 Å². The zero-order valence-electron chi connectivity index (χ0n) is 18.3. The van der Waals surface area contributed by atoms with E-state index in [4.69, 9.17) is 16.3 Å². The molecule has 2 aromatic heterocycles. The van der Waals surface area contributed by atoms with Crippen LogP contribution in [0.2, 0.25) is 5.02 Å². The number of pyridine rings is 1. The molecule has 0 fully saturated rings. The Morgan fingerprint density at radius 1 is 1.06 bits per heavy atom. The first-order valence-corrected chi connectivity index (χ1v) is 12.2. The van der Waals surface area contributed by atoms with Gasteiger partial charge in [-0.25, -0.2) is 22.8 Å². The highest BCUT2D eigenvalue weighted by Gasteiger charge is 2.26. The van der Waals surface area contributed by atoms with E-state index in [1.54, 1.807) is 75.5 Å². The number of sulfone groups is 1. The van der Waals surface area contributed by atoms with Crippen LogP contribution in [-0.2, 0) is 20.3 Å². The molecule has 33 heavy (non-hydrogen) atoms. The van der Waals surface area contributed by atoms with E-state index in [2.05, 4.69) is 9.97 Å². The van der Waals surface area contributed by atoms with Gasteiger partial charge in [-0.05, 0) is 62.7 Å². The number of fused-ring (bicyclic) bond motifs is 1. The average Bonchev–Trinajstić information content (AvgIpc) is 3.14. The zero-order valence-corrected chi connectivity index (χ0v) is 19.9. The quantitative estimate of drug-likeness (QED) is 0.380. The third kappa shape index (κ3) is 4.91. The fraction of sp³-hybridized carbons (Fsp3) is 0.208. The summed E-state index contributed by atoms with van der Waals surface area (Å²) in [5.74, 6) is 0.0124. The molecule has 2 heterocycles. The molecule has 4 aromatic rings. The number of rotatable bonds is 4. The van der Waals surface area contributed by atoms with Crippen molar-refractivity contribution in [1.82, 2.24) is 14.5 Å². The number of carbonyl (C=O) groups is 1. The molecule has 0 atom stereocenters. The Hall–Kier alpha value is -3.23. The highest BCUT2D eigenvalue weighted by Crippen LogP contribution is 2.29. The SMILES string of the molecule is CC(C)(C)OC(=O)n1c(-c2ccccn2)nc2cc(S(=O)(=O)Cc3ccccc3Cl)ccc21. The molecule has 0 aliphatic rings. The molecule has 0 amide bonds. The second kappa shape index (κ2) is 8.61. The molecule has 0 saturated carbocycles. The number of benzene rings is 2. The summed E-state index contributed by atoms with van der Waals surface area (Å²) in [6.07, 6.45) is 0.963. The number of carbonyl (C=O) groups excluding carboxylic acids is 1.